The third-order valence-electron chi connectivity index (χ3n) is 18.7. The molecule has 18 rings (SSSR count). The molecule has 0 radical (unpaired) electrons. The number of carbonyl (C=O) groups excluding carboxylic acids is 6. The van der Waals surface area contributed by atoms with Crippen molar-refractivity contribution in [2.45, 2.75) is 113 Å². The molecule has 30 nitrogen and oxygen atoms in total. The number of cyclic esters (lactones) is 6. The number of likely N-dealkylation sites (N-methyl/N-ethyl adjacent to an activating group) is 6. The number of hydrogen-bond donors (Lipinski definition) is 12. The first-order valence-corrected chi connectivity index (χ1v) is 38.8. The minimum Gasteiger partial charge on any atom is -0.447 e. The second-order valence-corrected chi connectivity index (χ2v) is 29.2. The van der Waals surface area contributed by atoms with Crippen molar-refractivity contribution in [3.05, 3.63) is 213 Å². The van der Waals surface area contributed by atoms with Gasteiger partial charge in [-0.05, 0) is 300 Å². The van der Waals surface area contributed by atoms with Crippen LogP contribution in [0.25, 0.3) is 65.4 Å². The van der Waals surface area contributed by atoms with E-state index in [1.807, 2.05) is 0 Å². The van der Waals surface area contributed by atoms with E-state index in [9.17, 15) is 28.8 Å². The number of benzene rings is 6. The van der Waals surface area contributed by atoms with Crippen LogP contribution in [0.15, 0.2) is 146 Å². The Bertz CT molecular complexity index is 8720. The van der Waals surface area contributed by atoms with Gasteiger partial charge in [0.1, 0.15) is 39.6 Å². The highest BCUT2D eigenvalue weighted by Gasteiger charge is 2.29. The number of H-pyrrole nitrogens is 6. The molecule has 6 aliphatic rings. The standard InChI is InChI=1S/6C16H21N3O2/c6*1-19(2)6-5-12-9-17-15-4-3-11(8-14(12)15)7-13-10-21-16(20)18-13/h6*3-4,8-9,13,17H,5-7,10H2,1-2H3,(H,18,20)/t6*13-/m000000/s1/i1D3,2D3,3D,4D,6D2,8D;1D3,2D3,3D,4D,5D2,8D;1D3,3D,4D,6D2,8D;1D3,3D,4D,5D2,8D;3D,4D,6D2,8D;3D,4D,5D2,8D/hD12. The summed E-state index contributed by atoms with van der Waals surface area (Å²) in [7, 11) is 8.94. The molecule has 0 unspecified atom stereocenters. The quantitative estimate of drug-likeness (QED) is 0.0186. The van der Waals surface area contributed by atoms with E-state index in [2.05, 4.69) is 0 Å². The Morgan fingerprint density at radius 1 is 0.294 bits per heavy atom. The van der Waals surface area contributed by atoms with E-state index in [-0.39, 0.29) is 294 Å². The van der Waals surface area contributed by atoms with Crippen LogP contribution in [0, 0.1) is 0 Å². The molecular formula is C96H126N18O12. The molecule has 6 amide bonds. The summed E-state index contributed by atoms with van der Waals surface area (Å²) in [5, 5.41) is 3.56. The number of hydrogen-bond acceptors (Lipinski definition) is 18. The van der Waals surface area contributed by atoms with E-state index < -0.39 is 221 Å². The van der Waals surface area contributed by atoms with Crippen LogP contribution >= 0.6 is 0 Å². The predicted octanol–water partition coefficient (Wildman–Crippen LogP) is 11.5. The Balaban J connectivity index is 0.000000181. The highest BCUT2D eigenvalue weighted by molar-refractivity contribution is 5.88. The number of aryl methyl sites for hydroxylation is 3. The zero-order valence-electron chi connectivity index (χ0n) is 129. The number of fused-ring (bicyclic) bond motifs is 6. The van der Waals surface area contributed by atoms with E-state index in [1.54, 1.807) is 33.1 Å². The molecule has 6 saturated heterocycles. The lowest BCUT2D eigenvalue weighted by atomic mass is 10.0. The molecule has 6 fully saturated rings. The topological polar surface area (TPSA) is 344 Å². The number of nitrogens with zero attached hydrogens (tertiary/aromatic N) is 6. The lowest BCUT2D eigenvalue weighted by molar-refractivity contribution is 0.176. The van der Waals surface area contributed by atoms with Crippen molar-refractivity contribution in [3.8, 4) is 0 Å². The third-order valence-corrected chi connectivity index (χ3v) is 18.7. The van der Waals surface area contributed by atoms with Crippen LogP contribution in [0.4, 0.5) is 28.8 Å². The summed E-state index contributed by atoms with van der Waals surface area (Å²) >= 11 is 0. The highest BCUT2D eigenvalue weighted by atomic mass is 16.6. The van der Waals surface area contributed by atoms with E-state index in [1.165, 1.54) is 30.5 Å². The second-order valence-electron chi connectivity index (χ2n) is 29.2. The van der Waals surface area contributed by atoms with E-state index in [4.69, 9.17) is 111 Å². The van der Waals surface area contributed by atoms with E-state index in [0.29, 0.717) is 57.3 Å². The molecule has 12 heterocycles. The number of rotatable bonds is 30. The molecule has 6 aliphatic heterocycles. The molecule has 0 bridgehead atoms. The fraction of sp³-hybridized carbons (Fsp3) is 0.438. The zero-order valence-corrected chi connectivity index (χ0v) is 68.6. The van der Waals surface area contributed by atoms with Crippen molar-refractivity contribution in [2.24, 2.45) is 0 Å². The van der Waals surface area contributed by atoms with Crippen molar-refractivity contribution in [1.82, 2.24) is 91.1 Å². The molecule has 6 atom stereocenters. The molecule has 12 N–H and O–H groups in total. The van der Waals surface area contributed by atoms with E-state index >= 15 is 0 Å². The summed E-state index contributed by atoms with van der Waals surface area (Å²) in [6, 6.07) is -10.5. The minimum atomic E-state index is -3.33. The molecule has 12 aromatic rings. The van der Waals surface area contributed by atoms with Gasteiger partial charge in [0.15, 0.2) is 16.9 Å². The van der Waals surface area contributed by atoms with Gasteiger partial charge in [0.2, 0.25) is 0 Å². The number of aromatic nitrogens is 6. The van der Waals surface area contributed by atoms with Crippen LogP contribution in [-0.4, -0.2) is 295 Å². The fourth-order valence-electron chi connectivity index (χ4n) is 12.7. The van der Waals surface area contributed by atoms with Gasteiger partial charge in [0, 0.05) is 183 Å². The average molecular weight is 1780 g/mol. The molecule has 30 heteroatoms. The van der Waals surface area contributed by atoms with Crippen molar-refractivity contribution in [3.63, 3.8) is 0 Å². The number of carbonyl (C=O) groups is 6. The maximum atomic E-state index is 11.5. The molecule has 0 spiro atoms. The van der Waals surface area contributed by atoms with Gasteiger partial charge < -0.3 is 120 Å². The summed E-state index contributed by atoms with van der Waals surface area (Å²) < 4.78 is 509. The second kappa shape index (κ2) is 43.7. The smallest absolute Gasteiger partial charge is 0.407 e. The largest absolute Gasteiger partial charge is 0.447 e. The molecule has 126 heavy (non-hydrogen) atoms. The maximum Gasteiger partial charge on any atom is 0.407 e. The van der Waals surface area contributed by atoms with Crippen molar-refractivity contribution in [2.75, 3.05) is 163 Å². The molecule has 0 saturated carbocycles. The van der Waals surface area contributed by atoms with Gasteiger partial charge >= 0.3 is 36.6 Å². The van der Waals surface area contributed by atoms with Crippen LogP contribution in [0.2, 0.25) is 16.9 Å². The summed E-state index contributed by atoms with van der Waals surface area (Å²) in [6.45, 7) is -27.7. The summed E-state index contributed by atoms with van der Waals surface area (Å²) in [6.07, 6.45) is -7.26. The molecule has 6 aromatic heterocycles. The van der Waals surface area contributed by atoms with Gasteiger partial charge in [-0.1, -0.05) is 36.3 Å². The Morgan fingerprint density at radius 3 is 0.730 bits per heavy atom. The normalized spacial score (nSPS) is 26.9. The Hall–Kier alpha value is -12.1. The lowest BCUT2D eigenvalue weighted by Gasteiger charge is -2.09. The first-order chi connectivity index (χ1) is 85.0. The maximum absolute atomic E-state index is 11.5. The number of alkyl carbamates (subject to hydrolysis) is 6. The van der Waals surface area contributed by atoms with Crippen molar-refractivity contribution < 1.29 is 140 Å². The number of aromatic amines is 6. The summed E-state index contributed by atoms with van der Waals surface area (Å²) in [5.74, 6) is 0. The molecule has 6 aromatic carbocycles. The minimum absolute atomic E-state index is 0.00198. The van der Waals surface area contributed by atoms with Gasteiger partial charge in [-0.25, -0.2) is 28.8 Å². The van der Waals surface area contributed by atoms with Crippen molar-refractivity contribution in [1.29, 1.82) is 0 Å². The Kier molecular flexibility index (Phi) is 14.6. The number of nitrogens with one attached hydrogen (secondary N) is 12. The lowest BCUT2D eigenvalue weighted by Crippen LogP contribution is -2.28. The summed E-state index contributed by atoms with van der Waals surface area (Å²) in [4.78, 5) is 77.4. The Labute approximate surface area is 821 Å². The van der Waals surface area contributed by atoms with Crippen LogP contribution in [-0.2, 0) is 105 Å². The third kappa shape index (κ3) is 26.5. The Morgan fingerprint density at radius 2 is 0.508 bits per heavy atom. The summed E-state index contributed by atoms with van der Waals surface area (Å²) in [5.41, 5.74) is -0.372. The van der Waals surface area contributed by atoms with Gasteiger partial charge in [-0.3, -0.25) is 0 Å². The first-order valence-electron chi connectivity index (χ1n) is 68.2. The molecular weight excluding hydrogens is 1600 g/mol. The highest BCUT2D eigenvalue weighted by Crippen LogP contribution is 2.29. The molecule has 0 aliphatic carbocycles. The number of amides is 6. The number of ether oxygens (including phenoxy) is 6. The van der Waals surface area contributed by atoms with Gasteiger partial charge in [-0.15, -0.1) is 0 Å². The first kappa shape index (κ1) is 42.0. The fourth-order valence-corrected chi connectivity index (χ4v) is 12.7. The SMILES string of the molecule is [2H]c1c(C[C@H]2COC(=O)N2[2H])c([2H])c2c(C([2H])([2H])CN(C([2H])([2H])[2H])C([2H])([2H])[2H])cn([2H])c2c1[2H].[2H]c1c(C[C@H]2COC(=O)N2[2H])c([2H])c2c(C([2H])([2H])CN(C)C([2H])([2H])[2H])cn([2H])c2c1[2H].[2H]c1c(C[C@H]2COC(=O)N2[2H])c([2H])c2c(C([2H])([2H])CN(C)C)cn([2H])c2c1[2H].[2H]c1c(C[C@H]2COC(=O)N2[2H])c([2H])c2c(CC([2H])([2H])N(C([2H])([2H])[2H])C([2H])([2H])[2H])cn([2H])c2c1[2H].[2H]c1c(C[C@H]2COC(=O)N2[2H])c([2H])c2c(CC([2H])([2H])N(C)C([2H])([2H])[2H])cn([2H])c2c1[2H].[2H]c1c(C[C@H]2COC(=O)N2[2H])c([2H])c2c(CC([2H])([2H])N(C)C)cn([2H])c2c1[2H]. The average Bonchev–Trinajstić information content (AvgIpc) is 1.58. The van der Waals surface area contributed by atoms with Gasteiger partial charge in [0.25, 0.3) is 0 Å². The van der Waals surface area contributed by atoms with Crippen molar-refractivity contribution >= 4 is 102 Å². The van der Waals surface area contributed by atoms with Crippen LogP contribution in [0.3, 0.4) is 0 Å². The van der Waals surface area contributed by atoms with Crippen LogP contribution < -0.4 is 31.9 Å². The van der Waals surface area contributed by atoms with Gasteiger partial charge in [-0.2, -0.15) is 0 Å². The van der Waals surface area contributed by atoms with Crippen LogP contribution in [0.1, 0.15) is 133 Å². The zero-order chi connectivity index (χ0) is 141. The van der Waals surface area contributed by atoms with Crippen LogP contribution in [0.5, 0.6) is 0 Å². The molecule has 672 valence electrons. The monoisotopic (exact) mass is 1780 g/mol. The predicted molar refractivity (Wildman–Crippen MR) is 495 cm³/mol. The van der Waals surface area contributed by atoms with Gasteiger partial charge in [0.05, 0.1) is 60.9 Å². The van der Waals surface area contributed by atoms with E-state index in [0.717, 1.165) is 45.5 Å².